The minimum atomic E-state index is -0.0567. The molecule has 1 aromatic carbocycles. The summed E-state index contributed by atoms with van der Waals surface area (Å²) in [5.41, 5.74) is 3.02. The van der Waals surface area contributed by atoms with Crippen LogP contribution < -0.4 is 5.32 Å². The van der Waals surface area contributed by atoms with E-state index in [1.165, 1.54) is 11.8 Å². The van der Waals surface area contributed by atoms with Gasteiger partial charge >= 0.3 is 0 Å². The molecule has 3 aromatic rings. The highest BCUT2D eigenvalue weighted by Crippen LogP contribution is 2.20. The number of anilines is 1. The van der Waals surface area contributed by atoms with E-state index in [9.17, 15) is 4.79 Å². The number of carbonyl (C=O) groups excluding carboxylic acids is 1. The summed E-state index contributed by atoms with van der Waals surface area (Å²) >= 11 is 1.38. The third-order valence-corrected chi connectivity index (χ3v) is 4.73. The Balaban J connectivity index is 1.71. The molecule has 1 amide bonds. The fraction of sp³-hybridized carbons (Fsp3) is 0.278. The van der Waals surface area contributed by atoms with E-state index >= 15 is 0 Å². The van der Waals surface area contributed by atoms with Crippen LogP contribution in [0.25, 0.3) is 0 Å². The molecule has 1 N–H and O–H groups in total. The Morgan fingerprint density at radius 3 is 2.68 bits per heavy atom. The van der Waals surface area contributed by atoms with E-state index in [1.54, 1.807) is 0 Å². The van der Waals surface area contributed by atoms with Gasteiger partial charge in [-0.3, -0.25) is 9.47 Å². The first-order valence-corrected chi connectivity index (χ1v) is 9.15. The van der Waals surface area contributed by atoms with Gasteiger partial charge in [-0.15, -0.1) is 10.2 Å². The highest BCUT2D eigenvalue weighted by atomic mass is 32.2. The zero-order valence-electron chi connectivity index (χ0n) is 14.6. The Morgan fingerprint density at radius 1 is 1.20 bits per heavy atom. The molecular formula is C18H21N5OS. The first kappa shape index (κ1) is 17.3. The normalized spacial score (nSPS) is 10.8. The third kappa shape index (κ3) is 3.93. The van der Waals surface area contributed by atoms with Gasteiger partial charge in [-0.05, 0) is 43.2 Å². The molecule has 0 saturated heterocycles. The van der Waals surface area contributed by atoms with E-state index in [0.717, 1.165) is 29.1 Å². The lowest BCUT2D eigenvalue weighted by Crippen LogP contribution is -2.17. The predicted molar refractivity (Wildman–Crippen MR) is 99.9 cm³/mol. The molecule has 0 aliphatic heterocycles. The van der Waals surface area contributed by atoms with Crippen molar-refractivity contribution < 1.29 is 4.79 Å². The van der Waals surface area contributed by atoms with Gasteiger partial charge in [-0.2, -0.15) is 0 Å². The summed E-state index contributed by atoms with van der Waals surface area (Å²) in [6.07, 6.45) is 4.63. The maximum Gasteiger partial charge on any atom is 0.234 e. The molecule has 0 fully saturated rings. The highest BCUT2D eigenvalue weighted by molar-refractivity contribution is 7.99. The molecule has 25 heavy (non-hydrogen) atoms. The monoisotopic (exact) mass is 355 g/mol. The van der Waals surface area contributed by atoms with E-state index in [-0.39, 0.29) is 11.7 Å². The van der Waals surface area contributed by atoms with Crippen molar-refractivity contribution >= 4 is 23.4 Å². The summed E-state index contributed by atoms with van der Waals surface area (Å²) in [7, 11) is 0. The van der Waals surface area contributed by atoms with Gasteiger partial charge in [0.2, 0.25) is 11.1 Å². The average Bonchev–Trinajstić information content (AvgIpc) is 3.24. The van der Waals surface area contributed by atoms with E-state index < -0.39 is 0 Å². The molecule has 0 saturated carbocycles. The number of carbonyl (C=O) groups is 1. The largest absolute Gasteiger partial charge is 0.325 e. The summed E-state index contributed by atoms with van der Waals surface area (Å²) in [6.45, 7) is 6.03. The lowest BCUT2D eigenvalue weighted by molar-refractivity contribution is -0.113. The number of hydrogen-bond acceptors (Lipinski definition) is 4. The molecule has 0 bridgehead atoms. The summed E-state index contributed by atoms with van der Waals surface area (Å²) in [6, 6.07) is 9.91. The summed E-state index contributed by atoms with van der Waals surface area (Å²) < 4.78 is 3.85. The van der Waals surface area contributed by atoms with Crippen LogP contribution in [0.3, 0.4) is 0 Å². The lowest BCUT2D eigenvalue weighted by Gasteiger charge is -2.11. The zero-order chi connectivity index (χ0) is 17.8. The Bertz CT molecular complexity index is 870. The van der Waals surface area contributed by atoms with Gasteiger partial charge in [0.05, 0.1) is 5.75 Å². The van der Waals surface area contributed by atoms with Crippen molar-refractivity contribution in [3.63, 3.8) is 0 Å². The fourth-order valence-corrected chi connectivity index (χ4v) is 3.24. The average molecular weight is 355 g/mol. The van der Waals surface area contributed by atoms with Gasteiger partial charge in [-0.1, -0.05) is 30.8 Å². The number of hydrogen-bond donors (Lipinski definition) is 1. The van der Waals surface area contributed by atoms with Gasteiger partial charge in [-0.25, -0.2) is 4.68 Å². The molecule has 2 aromatic heterocycles. The van der Waals surface area contributed by atoms with Crippen molar-refractivity contribution in [3.8, 4) is 0 Å². The SMILES string of the molecule is CCc1nnc(SCC(=O)Nc2cc(C)ccc2C)n1-n1cccc1. The minimum Gasteiger partial charge on any atom is -0.325 e. The van der Waals surface area contributed by atoms with Crippen molar-refractivity contribution in [1.82, 2.24) is 19.5 Å². The molecule has 0 aliphatic rings. The standard InChI is InChI=1S/C18H21N5OS/c1-4-16-20-21-18(23(16)22-9-5-6-10-22)25-12-17(24)19-15-11-13(2)7-8-14(15)3/h5-11H,4,12H2,1-3H3,(H,19,24). The number of nitrogens with zero attached hydrogens (tertiary/aromatic N) is 4. The van der Waals surface area contributed by atoms with Gasteiger partial charge in [0.1, 0.15) is 0 Å². The van der Waals surface area contributed by atoms with Crippen LogP contribution in [0.5, 0.6) is 0 Å². The van der Waals surface area contributed by atoms with E-state index in [4.69, 9.17) is 0 Å². The second-order valence-electron chi connectivity index (χ2n) is 5.78. The molecule has 0 radical (unpaired) electrons. The Hall–Kier alpha value is -2.54. The molecular weight excluding hydrogens is 334 g/mol. The molecule has 130 valence electrons. The molecule has 2 heterocycles. The maximum atomic E-state index is 12.3. The number of aromatic nitrogens is 4. The van der Waals surface area contributed by atoms with Crippen molar-refractivity contribution in [1.29, 1.82) is 0 Å². The third-order valence-electron chi connectivity index (χ3n) is 3.81. The molecule has 0 aliphatic carbocycles. The Labute approximate surface area is 151 Å². The molecule has 7 heteroatoms. The quantitative estimate of drug-likeness (QED) is 0.689. The maximum absolute atomic E-state index is 12.3. The smallest absolute Gasteiger partial charge is 0.234 e. The van der Waals surface area contributed by atoms with Gasteiger partial charge in [0.15, 0.2) is 5.82 Å². The van der Waals surface area contributed by atoms with Crippen LogP contribution in [0.1, 0.15) is 23.9 Å². The van der Waals surface area contributed by atoms with Gasteiger partial charge < -0.3 is 5.32 Å². The summed E-state index contributed by atoms with van der Waals surface area (Å²) in [5.74, 6) is 1.07. The van der Waals surface area contributed by atoms with Crippen molar-refractivity contribution in [2.45, 2.75) is 32.3 Å². The summed E-state index contributed by atoms with van der Waals surface area (Å²) in [5, 5.41) is 12.1. The van der Waals surface area contributed by atoms with Crippen LogP contribution in [0.2, 0.25) is 0 Å². The zero-order valence-corrected chi connectivity index (χ0v) is 15.4. The number of aryl methyl sites for hydroxylation is 3. The van der Waals surface area contributed by atoms with Gasteiger partial charge in [0.25, 0.3) is 0 Å². The van der Waals surface area contributed by atoms with E-state index in [0.29, 0.717) is 5.16 Å². The molecule has 0 atom stereocenters. The van der Waals surface area contributed by atoms with Crippen molar-refractivity contribution in [3.05, 3.63) is 59.7 Å². The second kappa shape index (κ2) is 7.57. The van der Waals surface area contributed by atoms with Crippen LogP contribution in [0, 0.1) is 13.8 Å². The molecule has 3 rings (SSSR count). The first-order valence-electron chi connectivity index (χ1n) is 8.16. The predicted octanol–water partition coefficient (Wildman–Crippen LogP) is 3.30. The van der Waals surface area contributed by atoms with Crippen LogP contribution in [0.15, 0.2) is 47.9 Å². The molecule has 0 spiro atoms. The number of amides is 1. The Morgan fingerprint density at radius 2 is 1.96 bits per heavy atom. The van der Waals surface area contributed by atoms with E-state index in [1.807, 2.05) is 72.8 Å². The van der Waals surface area contributed by atoms with E-state index in [2.05, 4.69) is 15.5 Å². The second-order valence-corrected chi connectivity index (χ2v) is 6.72. The molecule has 0 unspecified atom stereocenters. The highest BCUT2D eigenvalue weighted by Gasteiger charge is 2.14. The minimum absolute atomic E-state index is 0.0567. The van der Waals surface area contributed by atoms with Crippen molar-refractivity contribution in [2.75, 3.05) is 11.1 Å². The Kier molecular flexibility index (Phi) is 5.23. The first-order chi connectivity index (χ1) is 12.1. The van der Waals surface area contributed by atoms with Crippen molar-refractivity contribution in [2.24, 2.45) is 0 Å². The number of rotatable bonds is 6. The van der Waals surface area contributed by atoms with Crippen LogP contribution in [-0.4, -0.2) is 31.2 Å². The number of thioether (sulfide) groups is 1. The van der Waals surface area contributed by atoms with Crippen LogP contribution in [-0.2, 0) is 11.2 Å². The summed E-state index contributed by atoms with van der Waals surface area (Å²) in [4.78, 5) is 12.3. The number of nitrogens with one attached hydrogen (secondary N) is 1. The number of benzene rings is 1. The molecule has 6 nitrogen and oxygen atoms in total. The van der Waals surface area contributed by atoms with Crippen LogP contribution >= 0.6 is 11.8 Å². The van der Waals surface area contributed by atoms with Crippen LogP contribution in [0.4, 0.5) is 5.69 Å². The lowest BCUT2D eigenvalue weighted by atomic mass is 10.1. The van der Waals surface area contributed by atoms with Gasteiger partial charge in [0, 0.05) is 24.5 Å². The topological polar surface area (TPSA) is 64.7 Å². The fourth-order valence-electron chi connectivity index (χ4n) is 2.48.